The lowest BCUT2D eigenvalue weighted by molar-refractivity contribution is -0.118. The molecule has 22 heavy (non-hydrogen) atoms. The Hall–Kier alpha value is -3.01. The summed E-state index contributed by atoms with van der Waals surface area (Å²) in [6, 6.07) is 11.8. The van der Waals surface area contributed by atoms with Crippen LogP contribution in [0.4, 0.5) is 0 Å². The second-order valence-electron chi connectivity index (χ2n) is 5.04. The first kappa shape index (κ1) is 13.9. The van der Waals surface area contributed by atoms with E-state index in [1.165, 1.54) is 12.1 Å². The summed E-state index contributed by atoms with van der Waals surface area (Å²) in [6.45, 7) is 0. The molecule has 4 nitrogen and oxygen atoms in total. The highest BCUT2D eigenvalue weighted by Gasteiger charge is 2.26. The second-order valence-corrected chi connectivity index (χ2v) is 5.04. The molecule has 3 N–H and O–H groups in total. The summed E-state index contributed by atoms with van der Waals surface area (Å²) >= 11 is 0. The van der Waals surface area contributed by atoms with Gasteiger partial charge in [0.2, 0.25) is 5.78 Å². The SMILES string of the molecule is O=C1C(O)=CC=CC1c1ccccc1-c1cccc(O)c1O. The minimum Gasteiger partial charge on any atom is -0.504 e. The van der Waals surface area contributed by atoms with Gasteiger partial charge >= 0.3 is 0 Å². The normalized spacial score (nSPS) is 17.4. The smallest absolute Gasteiger partial charge is 0.208 e. The first-order chi connectivity index (χ1) is 10.6. The third-order valence-corrected chi connectivity index (χ3v) is 3.69. The standard InChI is InChI=1S/C18H14O4/c19-15-9-3-7-13(17(15)21)11-5-1-2-6-12(11)14-8-4-10-16(20)18(14)22/h1-10,13,19-20,22H. The highest BCUT2D eigenvalue weighted by molar-refractivity contribution is 6.02. The predicted octanol–water partition coefficient (Wildman–Crippen LogP) is 3.43. The molecule has 0 aliphatic heterocycles. The van der Waals surface area contributed by atoms with Crippen LogP contribution in [-0.4, -0.2) is 21.1 Å². The number of Topliss-reactive ketones (excluding diaryl/α,β-unsaturated/α-hetero) is 1. The number of carbonyl (C=O) groups excluding carboxylic acids is 1. The molecule has 0 saturated heterocycles. The van der Waals surface area contributed by atoms with E-state index in [1.54, 1.807) is 48.6 Å². The van der Waals surface area contributed by atoms with Gasteiger partial charge in [0.05, 0.1) is 5.92 Å². The Balaban J connectivity index is 2.16. The molecule has 1 aliphatic carbocycles. The van der Waals surface area contributed by atoms with Crippen molar-refractivity contribution in [1.82, 2.24) is 0 Å². The summed E-state index contributed by atoms with van der Waals surface area (Å²) in [4.78, 5) is 12.2. The van der Waals surface area contributed by atoms with E-state index < -0.39 is 11.7 Å². The van der Waals surface area contributed by atoms with Crippen molar-refractivity contribution < 1.29 is 20.1 Å². The number of hydrogen-bond donors (Lipinski definition) is 3. The summed E-state index contributed by atoms with van der Waals surface area (Å²) in [7, 11) is 0. The molecule has 0 saturated carbocycles. The van der Waals surface area contributed by atoms with Crippen LogP contribution in [0, 0.1) is 0 Å². The molecule has 1 aliphatic rings. The molecule has 110 valence electrons. The molecule has 4 heteroatoms. The maximum Gasteiger partial charge on any atom is 0.208 e. The number of carbonyl (C=O) groups is 1. The molecule has 1 unspecified atom stereocenters. The van der Waals surface area contributed by atoms with Crippen LogP contribution in [0.25, 0.3) is 11.1 Å². The second kappa shape index (κ2) is 5.41. The van der Waals surface area contributed by atoms with Crippen molar-refractivity contribution in [3.8, 4) is 22.6 Å². The summed E-state index contributed by atoms with van der Waals surface area (Å²) in [6.07, 6.45) is 4.68. The van der Waals surface area contributed by atoms with Gasteiger partial charge in [-0.05, 0) is 23.3 Å². The Morgan fingerprint density at radius 2 is 1.59 bits per heavy atom. The topological polar surface area (TPSA) is 77.8 Å². The summed E-state index contributed by atoms with van der Waals surface area (Å²) in [5.41, 5.74) is 1.73. The lowest BCUT2D eigenvalue weighted by Crippen LogP contribution is -2.16. The lowest BCUT2D eigenvalue weighted by Gasteiger charge is -2.19. The van der Waals surface area contributed by atoms with Crippen LogP contribution in [0.1, 0.15) is 11.5 Å². The molecular weight excluding hydrogens is 280 g/mol. The fourth-order valence-electron chi connectivity index (χ4n) is 2.59. The van der Waals surface area contributed by atoms with E-state index >= 15 is 0 Å². The zero-order valence-electron chi connectivity index (χ0n) is 11.6. The molecule has 0 spiro atoms. The number of benzene rings is 2. The molecule has 0 fully saturated rings. The molecular formula is C18H14O4. The van der Waals surface area contributed by atoms with Crippen LogP contribution in [0.5, 0.6) is 11.5 Å². The van der Waals surface area contributed by atoms with Crippen molar-refractivity contribution in [2.24, 2.45) is 0 Å². The highest BCUT2D eigenvalue weighted by atomic mass is 16.3. The van der Waals surface area contributed by atoms with Crippen molar-refractivity contribution >= 4 is 5.78 Å². The van der Waals surface area contributed by atoms with Crippen LogP contribution >= 0.6 is 0 Å². The van der Waals surface area contributed by atoms with Gasteiger partial charge in [0.1, 0.15) is 0 Å². The van der Waals surface area contributed by atoms with Crippen molar-refractivity contribution in [3.05, 3.63) is 72.0 Å². The number of ketones is 1. The van der Waals surface area contributed by atoms with E-state index in [-0.39, 0.29) is 17.3 Å². The van der Waals surface area contributed by atoms with Gasteiger partial charge in [-0.2, -0.15) is 0 Å². The van der Waals surface area contributed by atoms with Crippen LogP contribution in [0.2, 0.25) is 0 Å². The van der Waals surface area contributed by atoms with Crippen molar-refractivity contribution in [2.45, 2.75) is 5.92 Å². The van der Waals surface area contributed by atoms with Gasteiger partial charge in [-0.15, -0.1) is 0 Å². The maximum atomic E-state index is 12.2. The van der Waals surface area contributed by atoms with E-state index in [2.05, 4.69) is 0 Å². The zero-order valence-corrected chi connectivity index (χ0v) is 11.6. The van der Waals surface area contributed by atoms with E-state index in [0.29, 0.717) is 16.7 Å². The average molecular weight is 294 g/mol. The molecule has 3 rings (SSSR count). The van der Waals surface area contributed by atoms with Crippen LogP contribution in [-0.2, 0) is 4.79 Å². The molecule has 2 aromatic rings. The van der Waals surface area contributed by atoms with Crippen LogP contribution in [0.3, 0.4) is 0 Å². The van der Waals surface area contributed by atoms with E-state index in [1.807, 2.05) is 0 Å². The minimum atomic E-state index is -0.622. The third kappa shape index (κ3) is 2.24. The Morgan fingerprint density at radius 3 is 2.41 bits per heavy atom. The lowest BCUT2D eigenvalue weighted by atomic mass is 9.85. The van der Waals surface area contributed by atoms with Gasteiger partial charge in [0, 0.05) is 5.56 Å². The van der Waals surface area contributed by atoms with Gasteiger partial charge in [0.25, 0.3) is 0 Å². The van der Waals surface area contributed by atoms with Crippen molar-refractivity contribution in [3.63, 3.8) is 0 Å². The number of phenols is 2. The van der Waals surface area contributed by atoms with Gasteiger partial charge < -0.3 is 15.3 Å². The summed E-state index contributed by atoms with van der Waals surface area (Å²) < 4.78 is 0. The van der Waals surface area contributed by atoms with E-state index in [4.69, 9.17) is 0 Å². The fraction of sp³-hybridized carbons (Fsp3) is 0.0556. The summed E-state index contributed by atoms with van der Waals surface area (Å²) in [5, 5.41) is 29.4. The number of phenolic OH excluding ortho intramolecular Hbond substituents is 2. The number of hydrogen-bond acceptors (Lipinski definition) is 4. The molecule has 0 heterocycles. The number of allylic oxidation sites excluding steroid dienone is 4. The quantitative estimate of drug-likeness (QED) is 0.741. The molecule has 0 radical (unpaired) electrons. The van der Waals surface area contributed by atoms with Crippen LogP contribution < -0.4 is 0 Å². The largest absolute Gasteiger partial charge is 0.504 e. The molecule has 1 atom stereocenters. The highest BCUT2D eigenvalue weighted by Crippen LogP contribution is 2.40. The molecule has 0 amide bonds. The van der Waals surface area contributed by atoms with E-state index in [0.717, 1.165) is 0 Å². The van der Waals surface area contributed by atoms with Gasteiger partial charge in [-0.1, -0.05) is 48.6 Å². The first-order valence-electron chi connectivity index (χ1n) is 6.81. The number of aromatic hydroxyl groups is 2. The van der Waals surface area contributed by atoms with Gasteiger partial charge in [0.15, 0.2) is 17.3 Å². The Kier molecular flexibility index (Phi) is 3.43. The first-order valence-corrected chi connectivity index (χ1v) is 6.81. The maximum absolute atomic E-state index is 12.2. The average Bonchev–Trinajstić information content (AvgIpc) is 2.53. The van der Waals surface area contributed by atoms with Gasteiger partial charge in [-0.3, -0.25) is 4.79 Å². The van der Waals surface area contributed by atoms with E-state index in [9.17, 15) is 20.1 Å². The predicted molar refractivity (Wildman–Crippen MR) is 82.8 cm³/mol. The van der Waals surface area contributed by atoms with Crippen LogP contribution in [0.15, 0.2) is 66.5 Å². The zero-order chi connectivity index (χ0) is 15.7. The monoisotopic (exact) mass is 294 g/mol. The Morgan fingerprint density at radius 1 is 0.864 bits per heavy atom. The fourth-order valence-corrected chi connectivity index (χ4v) is 2.59. The van der Waals surface area contributed by atoms with Gasteiger partial charge in [-0.25, -0.2) is 0 Å². The molecule has 2 aromatic carbocycles. The molecule has 0 aromatic heterocycles. The minimum absolute atomic E-state index is 0.222. The number of aliphatic hydroxyl groups excluding tert-OH is 1. The molecule has 0 bridgehead atoms. The Labute approximate surface area is 127 Å². The summed E-state index contributed by atoms with van der Waals surface area (Å²) in [5.74, 6) is -1.76. The van der Waals surface area contributed by atoms with Crippen molar-refractivity contribution in [2.75, 3.05) is 0 Å². The Bertz CT molecular complexity index is 802. The van der Waals surface area contributed by atoms with Crippen molar-refractivity contribution in [1.29, 1.82) is 0 Å². The number of para-hydroxylation sites is 1. The third-order valence-electron chi connectivity index (χ3n) is 3.69. The number of rotatable bonds is 2. The number of aliphatic hydroxyl groups is 1.